The van der Waals surface area contributed by atoms with Crippen molar-refractivity contribution in [3.05, 3.63) is 71.4 Å². The second-order valence-electron chi connectivity index (χ2n) is 23.4. The number of piperazine rings is 2. The van der Waals surface area contributed by atoms with Crippen LogP contribution in [0.3, 0.4) is 0 Å². The van der Waals surface area contributed by atoms with Crippen molar-refractivity contribution in [2.24, 2.45) is 16.7 Å². The number of carbonyl (C=O) groups is 3. The predicted octanol–water partition coefficient (Wildman–Crippen LogP) is 7.11. The van der Waals surface area contributed by atoms with Crippen LogP contribution in [0.2, 0.25) is 0 Å². The van der Waals surface area contributed by atoms with E-state index in [0.717, 1.165) is 77.8 Å². The molecule has 2 saturated carbocycles. The minimum atomic E-state index is -0.749. The molecule has 3 aromatic carbocycles. The number of ether oxygens (including phenoxy) is 3. The predicted molar refractivity (Wildman–Crippen MR) is 291 cm³/mol. The molecule has 2 bridgehead atoms. The number of likely N-dealkylation sites (tertiary alicyclic amines) is 1. The lowest BCUT2D eigenvalue weighted by molar-refractivity contribution is -0.120. The number of carbonyl (C=O) groups excluding carboxylic acids is 3. The summed E-state index contributed by atoms with van der Waals surface area (Å²) in [4.78, 5) is 63.4. The summed E-state index contributed by atoms with van der Waals surface area (Å²) in [7, 11) is 3.23. The average Bonchev–Trinajstić information content (AvgIpc) is 4.26. The molecule has 7 heterocycles. The van der Waals surface area contributed by atoms with Crippen LogP contribution in [-0.2, 0) is 9.53 Å². The fraction of sp³-hybridized carbons (Fsp3) is 0.525. The van der Waals surface area contributed by atoms with Crippen molar-refractivity contribution in [3.8, 4) is 41.1 Å². The molecule has 5 aromatic rings. The highest BCUT2D eigenvalue weighted by atomic mass is 19.1. The van der Waals surface area contributed by atoms with Crippen molar-refractivity contribution in [2.45, 2.75) is 82.2 Å². The Bertz CT molecular complexity index is 3210. The van der Waals surface area contributed by atoms with Gasteiger partial charge in [0.05, 0.1) is 42.5 Å². The van der Waals surface area contributed by atoms with Crippen LogP contribution >= 0.6 is 0 Å². The molecule has 2 aromatic heterocycles. The molecule has 7 fully saturated rings. The standard InChI is InChI=1S/C59H68F2N10O7/c1-4-42-45(60)7-5-38-27-41(72)29-43(49(38)42)51-50(61)52-44(30-62-51)53(70-32-40-11-15-59(34-70,66-40)36-76-2)65-55(64-52)78-35-58(16-17-58)33-68-25-23-67(24-26-68)31-37-9-13-57(14-10-37)18-21-69(22-19-57)54(74)39-6-8-47(77-3)46(28-39)71-20-12-48(73)63-56(71)75/h1,5-8,27-30,37,40,66,72H,9-26,31-36H2,2-3H3,(H,63,73,75). The lowest BCUT2D eigenvalue weighted by Crippen LogP contribution is -2.61. The number of benzene rings is 3. The van der Waals surface area contributed by atoms with E-state index in [4.69, 9.17) is 30.6 Å². The third-order valence-corrected chi connectivity index (χ3v) is 18.3. The first-order valence-corrected chi connectivity index (χ1v) is 27.7. The number of phenolic OH excluding ortho intramolecular Hbond substituents is 1. The SMILES string of the molecule is C#Cc1c(F)ccc2cc(O)cc(-c3ncc4c(N5CC6CCC(COC)(C5)N6)nc(OCC5(CN6CCN(CC7CCC8(CC7)CCN(C(=O)c7ccc(OC)c(N9CCC(=O)NC9=O)c7)CC8)CC6)CC5)nc4c3F)c12. The molecule has 78 heavy (non-hydrogen) atoms. The van der Waals surface area contributed by atoms with Crippen molar-refractivity contribution in [1.82, 2.24) is 40.3 Å². The van der Waals surface area contributed by atoms with E-state index >= 15 is 8.78 Å². The molecular weight excluding hydrogens is 999 g/mol. The van der Waals surface area contributed by atoms with Gasteiger partial charge in [-0.2, -0.15) is 9.97 Å². The number of nitrogens with zero attached hydrogens (tertiary/aromatic N) is 8. The van der Waals surface area contributed by atoms with Crippen molar-refractivity contribution < 1.29 is 42.5 Å². The smallest absolute Gasteiger partial charge is 0.328 e. The number of amides is 4. The number of fused-ring (bicyclic) bond motifs is 4. The zero-order valence-corrected chi connectivity index (χ0v) is 44.6. The molecule has 19 heteroatoms. The van der Waals surface area contributed by atoms with Crippen LogP contribution in [0, 0.1) is 40.7 Å². The first-order chi connectivity index (χ1) is 37.7. The second kappa shape index (κ2) is 20.8. The number of hydrogen-bond acceptors (Lipinski definition) is 14. The quantitative estimate of drug-likeness (QED) is 0.0959. The molecule has 5 saturated heterocycles. The molecule has 5 aliphatic heterocycles. The van der Waals surface area contributed by atoms with Crippen LogP contribution < -0.4 is 29.9 Å². The fourth-order valence-corrected chi connectivity index (χ4v) is 13.7. The van der Waals surface area contributed by atoms with Crippen LogP contribution in [0.25, 0.3) is 32.9 Å². The molecule has 4 amide bonds. The minimum absolute atomic E-state index is 0.0157. The van der Waals surface area contributed by atoms with Gasteiger partial charge in [0.25, 0.3) is 5.91 Å². The number of piperidine rings is 1. The zero-order valence-electron chi connectivity index (χ0n) is 44.6. The molecule has 12 rings (SSSR count). The normalized spacial score (nSPS) is 23.5. The Morgan fingerprint density at radius 2 is 1.68 bits per heavy atom. The third-order valence-electron chi connectivity index (χ3n) is 18.3. The van der Waals surface area contributed by atoms with E-state index < -0.39 is 17.7 Å². The molecule has 2 atom stereocenters. The summed E-state index contributed by atoms with van der Waals surface area (Å²) < 4.78 is 50.3. The Labute approximate surface area is 453 Å². The van der Waals surface area contributed by atoms with Gasteiger partial charge in [-0.05, 0) is 117 Å². The maximum atomic E-state index is 17.3. The van der Waals surface area contributed by atoms with E-state index in [0.29, 0.717) is 78.9 Å². The summed E-state index contributed by atoms with van der Waals surface area (Å²) in [5, 5.41) is 18.0. The van der Waals surface area contributed by atoms with E-state index in [1.165, 1.54) is 62.0 Å². The van der Waals surface area contributed by atoms with Crippen molar-refractivity contribution >= 4 is 51.0 Å². The lowest BCUT2D eigenvalue weighted by atomic mass is 9.65. The summed E-state index contributed by atoms with van der Waals surface area (Å²) >= 11 is 0. The van der Waals surface area contributed by atoms with Crippen molar-refractivity contribution in [3.63, 3.8) is 0 Å². The van der Waals surface area contributed by atoms with Crippen LogP contribution in [0.15, 0.2) is 48.7 Å². The summed E-state index contributed by atoms with van der Waals surface area (Å²) in [5.74, 6) is 2.18. The largest absolute Gasteiger partial charge is 0.508 e. The number of terminal acetylenes is 1. The molecule has 17 nitrogen and oxygen atoms in total. The molecule has 3 N–H and O–H groups in total. The lowest BCUT2D eigenvalue weighted by Gasteiger charge is -2.47. The summed E-state index contributed by atoms with van der Waals surface area (Å²) in [6.07, 6.45) is 18.2. The van der Waals surface area contributed by atoms with E-state index in [2.05, 4.69) is 36.2 Å². The monoisotopic (exact) mass is 1070 g/mol. The Morgan fingerprint density at radius 3 is 2.41 bits per heavy atom. The van der Waals surface area contributed by atoms with Gasteiger partial charge in [-0.3, -0.25) is 24.8 Å². The molecular formula is C59H68F2N10O7. The molecule has 1 spiro atoms. The van der Waals surface area contributed by atoms with Gasteiger partial charge in [0.15, 0.2) is 5.82 Å². The van der Waals surface area contributed by atoms with Gasteiger partial charge in [0.1, 0.15) is 34.3 Å². The van der Waals surface area contributed by atoms with Crippen molar-refractivity contribution in [1.29, 1.82) is 0 Å². The molecule has 2 aliphatic carbocycles. The van der Waals surface area contributed by atoms with E-state index in [-0.39, 0.29) is 86.7 Å². The van der Waals surface area contributed by atoms with E-state index in [9.17, 15) is 19.5 Å². The Morgan fingerprint density at radius 1 is 0.897 bits per heavy atom. The first kappa shape index (κ1) is 52.0. The minimum Gasteiger partial charge on any atom is -0.508 e. The number of aromatic nitrogens is 3. The molecule has 2 unspecified atom stereocenters. The maximum absolute atomic E-state index is 17.3. The third kappa shape index (κ3) is 10.0. The zero-order chi connectivity index (χ0) is 53.9. The van der Waals surface area contributed by atoms with Gasteiger partial charge in [-0.1, -0.05) is 12.0 Å². The number of hydrogen-bond donors (Lipinski definition) is 3. The average molecular weight is 1070 g/mol. The summed E-state index contributed by atoms with van der Waals surface area (Å²) in [6, 6.07) is 10.5. The van der Waals surface area contributed by atoms with Gasteiger partial charge in [-0.25, -0.2) is 13.6 Å². The van der Waals surface area contributed by atoms with Crippen molar-refractivity contribution in [2.75, 3.05) is 109 Å². The van der Waals surface area contributed by atoms with Crippen LogP contribution in [0.5, 0.6) is 17.5 Å². The number of imide groups is 1. The van der Waals surface area contributed by atoms with Gasteiger partial charge in [0.2, 0.25) is 5.91 Å². The van der Waals surface area contributed by atoms with Gasteiger partial charge >= 0.3 is 12.0 Å². The molecule has 0 radical (unpaired) electrons. The number of methoxy groups -OCH3 is 2. The molecule has 7 aliphatic rings. The van der Waals surface area contributed by atoms with E-state index in [1.54, 1.807) is 31.5 Å². The van der Waals surface area contributed by atoms with Gasteiger partial charge in [-0.15, -0.1) is 6.42 Å². The first-order valence-electron chi connectivity index (χ1n) is 27.7. The number of nitrogens with one attached hydrogen (secondary N) is 2. The van der Waals surface area contributed by atoms with Gasteiger partial charge in [0, 0.05) is 120 Å². The number of pyridine rings is 1. The number of halogens is 2. The number of aromatic hydroxyl groups is 1. The summed E-state index contributed by atoms with van der Waals surface area (Å²) in [5.41, 5.74) is 0.886. The number of rotatable bonds is 14. The molecule has 410 valence electrons. The maximum Gasteiger partial charge on any atom is 0.328 e. The summed E-state index contributed by atoms with van der Waals surface area (Å²) in [6.45, 7) is 9.73. The Kier molecular flexibility index (Phi) is 13.9. The number of phenols is 1. The Hall–Kier alpha value is -6.72. The van der Waals surface area contributed by atoms with Crippen LogP contribution in [0.4, 0.5) is 25.1 Å². The van der Waals surface area contributed by atoms with Gasteiger partial charge < -0.3 is 44.2 Å². The Balaban J connectivity index is 0.670. The fourth-order valence-electron chi connectivity index (χ4n) is 13.7. The highest BCUT2D eigenvalue weighted by molar-refractivity contribution is 6.07. The van der Waals surface area contributed by atoms with E-state index in [1.807, 2.05) is 4.90 Å². The van der Waals surface area contributed by atoms with Crippen LogP contribution in [0.1, 0.15) is 86.6 Å². The number of urea groups is 1. The highest BCUT2D eigenvalue weighted by Crippen LogP contribution is 2.49. The number of anilines is 2. The highest BCUT2D eigenvalue weighted by Gasteiger charge is 2.48. The van der Waals surface area contributed by atoms with Crippen LogP contribution in [-0.4, -0.2) is 164 Å². The second-order valence-corrected chi connectivity index (χ2v) is 23.4. The topological polar surface area (TPSA) is 178 Å².